The molecule has 2 rings (SSSR count). The van der Waals surface area contributed by atoms with Crippen molar-refractivity contribution in [2.75, 3.05) is 11.9 Å². The van der Waals surface area contributed by atoms with Gasteiger partial charge in [-0.2, -0.15) is 16.6 Å². The van der Waals surface area contributed by atoms with Crippen LogP contribution in [0.1, 0.15) is 5.56 Å². The predicted octanol–water partition coefficient (Wildman–Crippen LogP) is 2.64. The van der Waals surface area contributed by atoms with Crippen molar-refractivity contribution in [1.82, 2.24) is 0 Å². The van der Waals surface area contributed by atoms with Crippen molar-refractivity contribution in [2.45, 2.75) is 0 Å². The Morgan fingerprint density at radius 3 is 2.72 bits per heavy atom. The van der Waals surface area contributed by atoms with Gasteiger partial charge in [-0.05, 0) is 35.7 Å². The summed E-state index contributed by atoms with van der Waals surface area (Å²) in [5, 5.41) is 15.1. The first-order valence-electron chi connectivity index (χ1n) is 5.23. The number of carbonyl (C=O) groups excluding carboxylic acids is 1. The molecule has 0 fully saturated rings. The van der Waals surface area contributed by atoms with Gasteiger partial charge in [0, 0.05) is 5.38 Å². The molecule has 0 aliphatic carbocycles. The number of hydrogen-bond donors (Lipinski definition) is 1. The highest BCUT2D eigenvalue weighted by molar-refractivity contribution is 7.08. The smallest absolute Gasteiger partial charge is 0.262 e. The number of anilines is 1. The Hall–Kier alpha value is -2.32. The highest BCUT2D eigenvalue weighted by Gasteiger charge is 2.03. The minimum atomic E-state index is -0.210. The van der Waals surface area contributed by atoms with Crippen LogP contribution in [-0.4, -0.2) is 12.5 Å². The van der Waals surface area contributed by atoms with Gasteiger partial charge in [-0.3, -0.25) is 4.79 Å². The van der Waals surface area contributed by atoms with Crippen LogP contribution in [0.3, 0.4) is 0 Å². The predicted molar refractivity (Wildman–Crippen MR) is 69.6 cm³/mol. The van der Waals surface area contributed by atoms with Crippen molar-refractivity contribution in [3.05, 3.63) is 46.7 Å². The molecular weight excluding hydrogens is 248 g/mol. The van der Waals surface area contributed by atoms with Gasteiger partial charge in [-0.15, -0.1) is 0 Å². The first kappa shape index (κ1) is 12.1. The summed E-state index contributed by atoms with van der Waals surface area (Å²) in [7, 11) is 0. The molecule has 0 bridgehead atoms. The lowest BCUT2D eigenvalue weighted by molar-refractivity contribution is -0.118. The molecule has 0 unspecified atom stereocenters. The lowest BCUT2D eigenvalue weighted by Gasteiger charge is -2.06. The number of hydrogen-bond acceptors (Lipinski definition) is 4. The molecule has 1 heterocycles. The number of ether oxygens (including phenoxy) is 1. The number of carbonyl (C=O) groups is 1. The summed E-state index contributed by atoms with van der Waals surface area (Å²) >= 11 is 1.51. The fraction of sp³-hybridized carbons (Fsp3) is 0.0769. The summed E-state index contributed by atoms with van der Waals surface area (Å²) in [4.78, 5) is 11.5. The molecule has 90 valence electrons. The summed E-state index contributed by atoms with van der Waals surface area (Å²) in [5.74, 6) is 0.354. The maximum Gasteiger partial charge on any atom is 0.262 e. The second kappa shape index (κ2) is 5.84. The van der Waals surface area contributed by atoms with Gasteiger partial charge in [-0.1, -0.05) is 0 Å². The Balaban J connectivity index is 1.83. The van der Waals surface area contributed by atoms with Crippen molar-refractivity contribution in [3.8, 4) is 11.8 Å². The molecule has 4 nitrogen and oxygen atoms in total. The molecule has 5 heteroatoms. The highest BCUT2D eigenvalue weighted by atomic mass is 32.1. The maximum atomic E-state index is 11.5. The van der Waals surface area contributed by atoms with E-state index in [9.17, 15) is 4.79 Å². The molecule has 0 aliphatic rings. The Labute approximate surface area is 108 Å². The number of amides is 1. The van der Waals surface area contributed by atoms with Crippen LogP contribution in [0.4, 0.5) is 5.69 Å². The average Bonchev–Trinajstić information content (AvgIpc) is 2.90. The fourth-order valence-corrected chi connectivity index (χ4v) is 1.90. The lowest BCUT2D eigenvalue weighted by atomic mass is 10.2. The lowest BCUT2D eigenvalue weighted by Crippen LogP contribution is -2.19. The van der Waals surface area contributed by atoms with Crippen molar-refractivity contribution >= 4 is 22.9 Å². The normalized spacial score (nSPS) is 9.50. The van der Waals surface area contributed by atoms with Crippen LogP contribution in [0, 0.1) is 11.3 Å². The quantitative estimate of drug-likeness (QED) is 0.917. The molecule has 0 radical (unpaired) electrons. The number of nitrogens with zero attached hydrogens (tertiary/aromatic N) is 1. The van der Waals surface area contributed by atoms with Gasteiger partial charge in [0.1, 0.15) is 5.75 Å². The van der Waals surface area contributed by atoms with Crippen molar-refractivity contribution in [3.63, 3.8) is 0 Å². The van der Waals surface area contributed by atoms with Gasteiger partial charge < -0.3 is 10.1 Å². The first-order chi connectivity index (χ1) is 8.78. The topological polar surface area (TPSA) is 62.1 Å². The number of benzene rings is 1. The van der Waals surface area contributed by atoms with Crippen molar-refractivity contribution in [1.29, 1.82) is 5.26 Å². The zero-order valence-electron chi connectivity index (χ0n) is 9.42. The molecule has 1 amide bonds. The molecule has 1 aromatic heterocycles. The summed E-state index contributed by atoms with van der Waals surface area (Å²) in [5.41, 5.74) is 1.33. The summed E-state index contributed by atoms with van der Waals surface area (Å²) in [6.45, 7) is -0.0538. The van der Waals surface area contributed by atoms with E-state index in [1.54, 1.807) is 24.3 Å². The Morgan fingerprint density at radius 1 is 1.33 bits per heavy atom. The number of thiophene rings is 1. The standard InChI is InChI=1S/C13H10N2O2S/c14-7-10-1-3-12(4-2-10)17-8-13(16)15-11-5-6-18-9-11/h1-6,9H,8H2,(H,15,16). The maximum absolute atomic E-state index is 11.5. The average molecular weight is 258 g/mol. The third-order valence-corrected chi connectivity index (χ3v) is 2.84. The van der Waals surface area contributed by atoms with Crippen LogP contribution in [0.15, 0.2) is 41.1 Å². The van der Waals surface area contributed by atoms with E-state index in [0.29, 0.717) is 11.3 Å². The summed E-state index contributed by atoms with van der Waals surface area (Å²) in [6, 6.07) is 10.5. The van der Waals surface area contributed by atoms with Gasteiger partial charge in [-0.25, -0.2) is 0 Å². The molecule has 0 saturated heterocycles. The van der Waals surface area contributed by atoms with Gasteiger partial charge in [0.2, 0.25) is 0 Å². The van der Waals surface area contributed by atoms with Crippen molar-refractivity contribution < 1.29 is 9.53 Å². The minimum Gasteiger partial charge on any atom is -0.484 e. The molecule has 0 saturated carbocycles. The second-order valence-electron chi connectivity index (χ2n) is 3.49. The second-order valence-corrected chi connectivity index (χ2v) is 4.27. The van der Waals surface area contributed by atoms with Crippen LogP contribution < -0.4 is 10.1 Å². The Kier molecular flexibility index (Phi) is 3.94. The zero-order valence-corrected chi connectivity index (χ0v) is 10.2. The summed E-state index contributed by atoms with van der Waals surface area (Å²) in [6.07, 6.45) is 0. The third-order valence-electron chi connectivity index (χ3n) is 2.16. The number of nitrogens with one attached hydrogen (secondary N) is 1. The minimum absolute atomic E-state index is 0.0538. The molecule has 18 heavy (non-hydrogen) atoms. The van der Waals surface area contributed by atoms with Crippen molar-refractivity contribution in [2.24, 2.45) is 0 Å². The monoisotopic (exact) mass is 258 g/mol. The van der Waals surface area contributed by atoms with E-state index in [4.69, 9.17) is 10.00 Å². The van der Waals surface area contributed by atoms with Crippen LogP contribution in [0.5, 0.6) is 5.75 Å². The molecule has 0 aliphatic heterocycles. The van der Waals surface area contributed by atoms with E-state index >= 15 is 0 Å². The van der Waals surface area contributed by atoms with E-state index < -0.39 is 0 Å². The molecule has 0 spiro atoms. The van der Waals surface area contributed by atoms with Crippen LogP contribution in [0.25, 0.3) is 0 Å². The zero-order chi connectivity index (χ0) is 12.8. The largest absolute Gasteiger partial charge is 0.484 e. The van der Waals surface area contributed by atoms with Crippen LogP contribution in [0.2, 0.25) is 0 Å². The Morgan fingerprint density at radius 2 is 2.11 bits per heavy atom. The van der Waals surface area contributed by atoms with E-state index in [1.807, 2.05) is 22.9 Å². The summed E-state index contributed by atoms with van der Waals surface area (Å²) < 4.78 is 5.30. The van der Waals surface area contributed by atoms with E-state index in [1.165, 1.54) is 11.3 Å². The van der Waals surface area contributed by atoms with Gasteiger partial charge in [0.15, 0.2) is 6.61 Å². The third kappa shape index (κ3) is 3.34. The fourth-order valence-electron chi connectivity index (χ4n) is 1.31. The Bertz CT molecular complexity index is 556. The molecular formula is C13H10N2O2S. The van der Waals surface area contributed by atoms with Gasteiger partial charge >= 0.3 is 0 Å². The highest BCUT2D eigenvalue weighted by Crippen LogP contribution is 2.13. The SMILES string of the molecule is N#Cc1ccc(OCC(=O)Nc2ccsc2)cc1. The van der Waals surface area contributed by atoms with Crippen LogP contribution in [-0.2, 0) is 4.79 Å². The number of nitriles is 1. The van der Waals surface area contributed by atoms with Gasteiger partial charge in [0.25, 0.3) is 5.91 Å². The van der Waals surface area contributed by atoms with Crippen LogP contribution >= 0.6 is 11.3 Å². The van der Waals surface area contributed by atoms with Gasteiger partial charge in [0.05, 0.1) is 17.3 Å². The molecule has 2 aromatic rings. The van der Waals surface area contributed by atoms with E-state index in [2.05, 4.69) is 5.32 Å². The molecule has 1 N–H and O–H groups in total. The number of rotatable bonds is 4. The van der Waals surface area contributed by atoms with E-state index in [-0.39, 0.29) is 12.5 Å². The molecule has 0 atom stereocenters. The molecule has 1 aromatic carbocycles. The van der Waals surface area contributed by atoms with E-state index in [0.717, 1.165) is 5.69 Å². The first-order valence-corrected chi connectivity index (χ1v) is 6.17.